The summed E-state index contributed by atoms with van der Waals surface area (Å²) in [5, 5.41) is 1.21. The molecule has 0 spiro atoms. The maximum absolute atomic E-state index is 5.83. The molecule has 3 heteroatoms. The first-order valence-electron chi connectivity index (χ1n) is 4.20. The fourth-order valence-corrected chi connectivity index (χ4v) is 1.86. The van der Waals surface area contributed by atoms with Crippen molar-refractivity contribution in [1.82, 2.24) is 4.98 Å². The molecule has 13 heavy (non-hydrogen) atoms. The molecule has 0 aliphatic rings. The van der Waals surface area contributed by atoms with Gasteiger partial charge in [-0.1, -0.05) is 22.0 Å². The molecule has 0 saturated carbocycles. The SMILES string of the molecule is C[C@@H](N)c1c[nH]c2cc(Br)ccc12. The van der Waals surface area contributed by atoms with Crippen molar-refractivity contribution in [2.45, 2.75) is 13.0 Å². The van der Waals surface area contributed by atoms with Crippen LogP contribution < -0.4 is 5.73 Å². The number of nitrogens with two attached hydrogens (primary N) is 1. The molecule has 1 aromatic carbocycles. The summed E-state index contributed by atoms with van der Waals surface area (Å²) in [7, 11) is 0. The first-order chi connectivity index (χ1) is 6.18. The van der Waals surface area contributed by atoms with Gasteiger partial charge in [-0.05, 0) is 24.6 Å². The maximum Gasteiger partial charge on any atom is 0.0468 e. The van der Waals surface area contributed by atoms with E-state index in [0.29, 0.717) is 0 Å². The lowest BCUT2D eigenvalue weighted by Crippen LogP contribution is -2.03. The Bertz CT molecular complexity index is 431. The summed E-state index contributed by atoms with van der Waals surface area (Å²) in [6.45, 7) is 1.99. The van der Waals surface area contributed by atoms with Crippen molar-refractivity contribution >= 4 is 26.8 Å². The lowest BCUT2D eigenvalue weighted by molar-refractivity contribution is 0.826. The molecule has 1 atom stereocenters. The van der Waals surface area contributed by atoms with Gasteiger partial charge in [-0.15, -0.1) is 0 Å². The van der Waals surface area contributed by atoms with E-state index in [9.17, 15) is 0 Å². The molecular formula is C10H11BrN2. The molecule has 2 nitrogen and oxygen atoms in total. The predicted molar refractivity (Wildman–Crippen MR) is 58.6 cm³/mol. The second kappa shape index (κ2) is 3.16. The zero-order chi connectivity index (χ0) is 9.42. The van der Waals surface area contributed by atoms with Gasteiger partial charge >= 0.3 is 0 Å². The number of halogens is 1. The van der Waals surface area contributed by atoms with Crippen LogP contribution in [0.3, 0.4) is 0 Å². The van der Waals surface area contributed by atoms with Gasteiger partial charge in [0.15, 0.2) is 0 Å². The standard InChI is InChI=1S/C10H11BrN2/c1-6(12)9-5-13-10-4-7(11)2-3-8(9)10/h2-6,13H,12H2,1H3/t6-/m1/s1. The Hall–Kier alpha value is -0.800. The summed E-state index contributed by atoms with van der Waals surface area (Å²) in [6, 6.07) is 6.24. The van der Waals surface area contributed by atoms with E-state index in [-0.39, 0.29) is 6.04 Å². The third-order valence-corrected chi connectivity index (χ3v) is 2.66. The summed E-state index contributed by atoms with van der Waals surface area (Å²) in [6.07, 6.45) is 1.97. The number of aromatic nitrogens is 1. The zero-order valence-corrected chi connectivity index (χ0v) is 8.93. The predicted octanol–water partition coefficient (Wildman–Crippen LogP) is 2.95. The number of benzene rings is 1. The van der Waals surface area contributed by atoms with Crippen molar-refractivity contribution in [3.05, 3.63) is 34.4 Å². The Morgan fingerprint density at radius 2 is 2.23 bits per heavy atom. The molecule has 3 N–H and O–H groups in total. The molecule has 1 aromatic heterocycles. The van der Waals surface area contributed by atoms with Crippen LogP contribution in [0.1, 0.15) is 18.5 Å². The second-order valence-corrected chi connectivity index (χ2v) is 4.14. The molecule has 0 aliphatic carbocycles. The third kappa shape index (κ3) is 1.49. The second-order valence-electron chi connectivity index (χ2n) is 3.22. The molecule has 0 radical (unpaired) electrons. The van der Waals surface area contributed by atoms with E-state index in [4.69, 9.17) is 5.73 Å². The quantitative estimate of drug-likeness (QED) is 0.789. The zero-order valence-electron chi connectivity index (χ0n) is 7.34. The van der Waals surface area contributed by atoms with Gasteiger partial charge in [0.25, 0.3) is 0 Å². The topological polar surface area (TPSA) is 41.8 Å². The number of aromatic amines is 1. The van der Waals surface area contributed by atoms with Gasteiger partial charge in [-0.3, -0.25) is 0 Å². The molecule has 0 aliphatic heterocycles. The van der Waals surface area contributed by atoms with Gasteiger partial charge in [0, 0.05) is 27.6 Å². The molecule has 0 unspecified atom stereocenters. The van der Waals surface area contributed by atoms with Gasteiger partial charge in [-0.2, -0.15) is 0 Å². The number of rotatable bonds is 1. The summed E-state index contributed by atoms with van der Waals surface area (Å²) < 4.78 is 1.08. The molecule has 0 fully saturated rings. The van der Waals surface area contributed by atoms with Crippen LogP contribution in [-0.2, 0) is 0 Å². The van der Waals surface area contributed by atoms with E-state index in [0.717, 1.165) is 9.99 Å². The van der Waals surface area contributed by atoms with E-state index in [1.54, 1.807) is 0 Å². The Kier molecular flexibility index (Phi) is 2.14. The average molecular weight is 239 g/mol. The van der Waals surface area contributed by atoms with Crippen LogP contribution >= 0.6 is 15.9 Å². The Balaban J connectivity index is 2.69. The lowest BCUT2D eigenvalue weighted by atomic mass is 10.1. The summed E-state index contributed by atoms with van der Waals surface area (Å²) >= 11 is 3.43. The smallest absolute Gasteiger partial charge is 0.0468 e. The first kappa shape index (κ1) is 8.78. The number of hydrogen-bond donors (Lipinski definition) is 2. The van der Waals surface area contributed by atoms with Crippen molar-refractivity contribution in [2.24, 2.45) is 5.73 Å². The van der Waals surface area contributed by atoms with Crippen molar-refractivity contribution in [2.75, 3.05) is 0 Å². The van der Waals surface area contributed by atoms with Crippen LogP contribution in [0.25, 0.3) is 10.9 Å². The van der Waals surface area contributed by atoms with Crippen LogP contribution in [0.2, 0.25) is 0 Å². The minimum Gasteiger partial charge on any atom is -0.361 e. The molecule has 0 amide bonds. The maximum atomic E-state index is 5.83. The van der Waals surface area contributed by atoms with E-state index in [1.807, 2.05) is 19.2 Å². The number of H-pyrrole nitrogens is 1. The van der Waals surface area contributed by atoms with Gasteiger partial charge < -0.3 is 10.7 Å². The van der Waals surface area contributed by atoms with Gasteiger partial charge in [0.2, 0.25) is 0 Å². The van der Waals surface area contributed by atoms with Crippen LogP contribution in [-0.4, -0.2) is 4.98 Å². The number of hydrogen-bond acceptors (Lipinski definition) is 1. The fraction of sp³-hybridized carbons (Fsp3) is 0.200. The van der Waals surface area contributed by atoms with E-state index < -0.39 is 0 Å². The van der Waals surface area contributed by atoms with E-state index in [2.05, 4.69) is 33.0 Å². The van der Waals surface area contributed by atoms with Crippen LogP contribution in [0.5, 0.6) is 0 Å². The molecule has 2 rings (SSSR count). The third-order valence-electron chi connectivity index (χ3n) is 2.17. The van der Waals surface area contributed by atoms with Crippen LogP contribution in [0.15, 0.2) is 28.9 Å². The molecular weight excluding hydrogens is 228 g/mol. The van der Waals surface area contributed by atoms with Gasteiger partial charge in [0.05, 0.1) is 0 Å². The Labute approximate surface area is 85.3 Å². The van der Waals surface area contributed by atoms with Crippen molar-refractivity contribution in [1.29, 1.82) is 0 Å². The molecule has 0 saturated heterocycles. The lowest BCUT2D eigenvalue weighted by Gasteiger charge is -2.01. The molecule has 1 heterocycles. The highest BCUT2D eigenvalue weighted by molar-refractivity contribution is 9.10. The van der Waals surface area contributed by atoms with Crippen LogP contribution in [0.4, 0.5) is 0 Å². The van der Waals surface area contributed by atoms with Crippen molar-refractivity contribution < 1.29 is 0 Å². The number of nitrogens with one attached hydrogen (secondary N) is 1. The number of fused-ring (bicyclic) bond motifs is 1. The monoisotopic (exact) mass is 238 g/mol. The van der Waals surface area contributed by atoms with Gasteiger partial charge in [-0.25, -0.2) is 0 Å². The summed E-state index contributed by atoms with van der Waals surface area (Å²) in [4.78, 5) is 3.20. The molecule has 68 valence electrons. The molecule has 0 bridgehead atoms. The highest BCUT2D eigenvalue weighted by Crippen LogP contribution is 2.25. The average Bonchev–Trinajstić information content (AvgIpc) is 2.46. The first-order valence-corrected chi connectivity index (χ1v) is 5.00. The fourth-order valence-electron chi connectivity index (χ4n) is 1.50. The normalized spacial score (nSPS) is 13.5. The Morgan fingerprint density at radius 3 is 2.92 bits per heavy atom. The van der Waals surface area contributed by atoms with E-state index in [1.165, 1.54) is 10.9 Å². The summed E-state index contributed by atoms with van der Waals surface area (Å²) in [5.41, 5.74) is 8.13. The highest BCUT2D eigenvalue weighted by atomic mass is 79.9. The van der Waals surface area contributed by atoms with Gasteiger partial charge in [0.1, 0.15) is 0 Å². The van der Waals surface area contributed by atoms with Crippen molar-refractivity contribution in [3.63, 3.8) is 0 Å². The van der Waals surface area contributed by atoms with Crippen LogP contribution in [0, 0.1) is 0 Å². The minimum atomic E-state index is 0.0786. The van der Waals surface area contributed by atoms with Crippen molar-refractivity contribution in [3.8, 4) is 0 Å². The minimum absolute atomic E-state index is 0.0786. The van der Waals surface area contributed by atoms with E-state index >= 15 is 0 Å². The molecule has 2 aromatic rings. The largest absolute Gasteiger partial charge is 0.361 e. The summed E-state index contributed by atoms with van der Waals surface area (Å²) in [5.74, 6) is 0. The highest BCUT2D eigenvalue weighted by Gasteiger charge is 2.06. The Morgan fingerprint density at radius 1 is 1.46 bits per heavy atom.